The summed E-state index contributed by atoms with van der Waals surface area (Å²) in [6.07, 6.45) is 0. The predicted molar refractivity (Wildman–Crippen MR) is 103 cm³/mol. The minimum Gasteiger partial charge on any atom is -0.350 e. The number of rotatable bonds is 6. The van der Waals surface area contributed by atoms with Crippen LogP contribution in [0.4, 0.5) is 0 Å². The van der Waals surface area contributed by atoms with Crippen LogP contribution in [0.15, 0.2) is 39.9 Å². The third kappa shape index (κ3) is 5.79. The Morgan fingerprint density at radius 2 is 1.76 bits per heavy atom. The summed E-state index contributed by atoms with van der Waals surface area (Å²) in [7, 11) is -3.79. The Balaban J connectivity index is 0.00000312. The van der Waals surface area contributed by atoms with Crippen LogP contribution >= 0.6 is 23.7 Å². The highest BCUT2D eigenvalue weighted by Crippen LogP contribution is 2.19. The average molecular weight is 404 g/mol. The van der Waals surface area contributed by atoms with Crippen molar-refractivity contribution in [2.75, 3.05) is 6.54 Å². The molecule has 0 aliphatic carbocycles. The maximum atomic E-state index is 12.1. The molecule has 2 aromatic rings. The van der Waals surface area contributed by atoms with Gasteiger partial charge in [-0.15, -0.1) is 23.7 Å². The molecule has 1 heterocycles. The summed E-state index contributed by atoms with van der Waals surface area (Å²) >= 11 is 0.915. The van der Waals surface area contributed by atoms with Crippen LogP contribution in [0.5, 0.6) is 0 Å². The van der Waals surface area contributed by atoms with Gasteiger partial charge in [0.1, 0.15) is 4.21 Å². The van der Waals surface area contributed by atoms with Gasteiger partial charge in [-0.1, -0.05) is 38.1 Å². The van der Waals surface area contributed by atoms with Crippen molar-refractivity contribution in [3.05, 3.63) is 52.4 Å². The van der Waals surface area contributed by atoms with Gasteiger partial charge in [0, 0.05) is 18.0 Å². The van der Waals surface area contributed by atoms with Gasteiger partial charge in [0.15, 0.2) is 0 Å². The van der Waals surface area contributed by atoms with Crippen LogP contribution in [0, 0.1) is 0 Å². The average Bonchev–Trinajstić information content (AvgIpc) is 3.02. The lowest BCUT2D eigenvalue weighted by molar-refractivity contribution is 0.0951. The summed E-state index contributed by atoms with van der Waals surface area (Å²) in [5.74, 6) is 0.0667. The summed E-state index contributed by atoms with van der Waals surface area (Å²) in [5, 5.41) is 9.20. The van der Waals surface area contributed by atoms with E-state index in [0.29, 0.717) is 5.92 Å². The number of thiophene rings is 1. The van der Waals surface area contributed by atoms with Crippen LogP contribution < -0.4 is 16.2 Å². The van der Waals surface area contributed by atoms with Gasteiger partial charge in [-0.05, 0) is 23.1 Å². The molecular weight excluding hydrogens is 382 g/mol. The quantitative estimate of drug-likeness (QED) is 0.686. The molecular formula is C16H22ClN3O3S2. The second-order valence-electron chi connectivity index (χ2n) is 5.84. The normalized spacial score (nSPS) is 12.5. The molecule has 138 valence electrons. The van der Waals surface area contributed by atoms with E-state index in [0.717, 1.165) is 16.9 Å². The highest BCUT2D eigenvalue weighted by molar-refractivity contribution is 7.91. The zero-order valence-corrected chi connectivity index (χ0v) is 16.4. The molecule has 1 aromatic carbocycles. The SMILES string of the molecule is CC(C)c1ccc(C(N)CNC(=O)c2csc(S(N)(=O)=O)c2)cc1.Cl. The van der Waals surface area contributed by atoms with E-state index in [1.54, 1.807) is 0 Å². The Morgan fingerprint density at radius 3 is 2.24 bits per heavy atom. The zero-order valence-electron chi connectivity index (χ0n) is 13.9. The number of carbonyl (C=O) groups is 1. The molecule has 0 saturated heterocycles. The smallest absolute Gasteiger partial charge is 0.252 e. The number of primary sulfonamides is 1. The molecule has 0 saturated carbocycles. The van der Waals surface area contributed by atoms with E-state index in [2.05, 4.69) is 19.2 Å². The lowest BCUT2D eigenvalue weighted by atomic mass is 9.99. The predicted octanol–water partition coefficient (Wildman–Crippen LogP) is 2.37. The molecule has 1 atom stereocenters. The molecule has 0 spiro atoms. The van der Waals surface area contributed by atoms with Crippen LogP contribution in [0.2, 0.25) is 0 Å². The number of nitrogens with one attached hydrogen (secondary N) is 1. The molecule has 0 aliphatic rings. The highest BCUT2D eigenvalue weighted by atomic mass is 35.5. The number of carbonyl (C=O) groups excluding carboxylic acids is 1. The van der Waals surface area contributed by atoms with Crippen LogP contribution in [-0.4, -0.2) is 20.9 Å². The van der Waals surface area contributed by atoms with Crippen molar-refractivity contribution in [2.45, 2.75) is 30.0 Å². The number of hydrogen-bond acceptors (Lipinski definition) is 5. The largest absolute Gasteiger partial charge is 0.350 e. The van der Waals surface area contributed by atoms with E-state index < -0.39 is 10.0 Å². The van der Waals surface area contributed by atoms with Crippen molar-refractivity contribution in [1.82, 2.24) is 5.32 Å². The van der Waals surface area contributed by atoms with Crippen molar-refractivity contribution < 1.29 is 13.2 Å². The van der Waals surface area contributed by atoms with E-state index in [1.165, 1.54) is 17.0 Å². The molecule has 6 nitrogen and oxygen atoms in total. The highest BCUT2D eigenvalue weighted by Gasteiger charge is 2.16. The fraction of sp³-hybridized carbons (Fsp3) is 0.312. The van der Waals surface area contributed by atoms with Crippen molar-refractivity contribution in [1.29, 1.82) is 0 Å². The third-order valence-electron chi connectivity index (χ3n) is 3.63. The maximum absolute atomic E-state index is 12.1. The molecule has 5 N–H and O–H groups in total. The molecule has 2 rings (SSSR count). The summed E-state index contributed by atoms with van der Waals surface area (Å²) in [6.45, 7) is 4.48. The summed E-state index contributed by atoms with van der Waals surface area (Å²) in [5.41, 5.74) is 8.50. The number of nitrogens with two attached hydrogens (primary N) is 2. The van der Waals surface area contributed by atoms with Crippen molar-refractivity contribution in [2.24, 2.45) is 10.9 Å². The molecule has 9 heteroatoms. The number of hydrogen-bond donors (Lipinski definition) is 3. The number of amides is 1. The second kappa shape index (κ2) is 8.77. The van der Waals surface area contributed by atoms with Crippen LogP contribution in [0.3, 0.4) is 0 Å². The molecule has 1 aromatic heterocycles. The molecule has 0 fully saturated rings. The van der Waals surface area contributed by atoms with Gasteiger partial charge in [0.25, 0.3) is 5.91 Å². The minimum atomic E-state index is -3.79. The first-order valence-corrected chi connectivity index (χ1v) is 9.86. The Morgan fingerprint density at radius 1 is 1.20 bits per heavy atom. The molecule has 1 unspecified atom stereocenters. The lowest BCUT2D eigenvalue weighted by Crippen LogP contribution is -2.31. The number of benzene rings is 1. The summed E-state index contributed by atoms with van der Waals surface area (Å²) in [6, 6.07) is 8.88. The molecule has 0 bridgehead atoms. The first kappa shape index (κ1) is 21.6. The first-order chi connectivity index (χ1) is 11.2. The molecule has 25 heavy (non-hydrogen) atoms. The molecule has 0 radical (unpaired) electrons. The Kier molecular flexibility index (Phi) is 7.58. The fourth-order valence-electron chi connectivity index (χ4n) is 2.14. The Hall–Kier alpha value is -1.45. The van der Waals surface area contributed by atoms with Gasteiger partial charge in [-0.2, -0.15) is 0 Å². The van der Waals surface area contributed by atoms with Gasteiger partial charge < -0.3 is 11.1 Å². The minimum absolute atomic E-state index is 0. The molecule has 1 amide bonds. The standard InChI is InChI=1S/C16H21N3O3S2.ClH/c1-10(2)11-3-5-12(6-4-11)14(17)8-19-16(20)13-7-15(23-9-13)24(18,21)22;/h3-7,9-10,14H,8,17H2,1-2H3,(H,19,20)(H2,18,21,22);1H. The van der Waals surface area contributed by atoms with Crippen LogP contribution in [0.1, 0.15) is 47.3 Å². The van der Waals surface area contributed by atoms with E-state index in [-0.39, 0.29) is 40.7 Å². The van der Waals surface area contributed by atoms with Gasteiger partial charge >= 0.3 is 0 Å². The maximum Gasteiger partial charge on any atom is 0.252 e. The number of halogens is 1. The topological polar surface area (TPSA) is 115 Å². The third-order valence-corrected chi connectivity index (χ3v) is 6.02. The van der Waals surface area contributed by atoms with Gasteiger partial charge in [-0.25, -0.2) is 13.6 Å². The fourth-order valence-corrected chi connectivity index (χ4v) is 3.72. The van der Waals surface area contributed by atoms with Crippen LogP contribution in [-0.2, 0) is 10.0 Å². The van der Waals surface area contributed by atoms with Gasteiger partial charge in [-0.3, -0.25) is 4.79 Å². The van der Waals surface area contributed by atoms with E-state index >= 15 is 0 Å². The second-order valence-corrected chi connectivity index (χ2v) is 8.54. The monoisotopic (exact) mass is 403 g/mol. The summed E-state index contributed by atoms with van der Waals surface area (Å²) < 4.78 is 22.4. The van der Waals surface area contributed by atoms with Gasteiger partial charge in [0.2, 0.25) is 10.0 Å². The van der Waals surface area contributed by atoms with Crippen molar-refractivity contribution in [3.8, 4) is 0 Å². The lowest BCUT2D eigenvalue weighted by Gasteiger charge is -2.14. The van der Waals surface area contributed by atoms with Crippen molar-refractivity contribution >= 4 is 39.7 Å². The summed E-state index contributed by atoms with van der Waals surface area (Å²) in [4.78, 5) is 12.1. The van der Waals surface area contributed by atoms with Crippen LogP contribution in [0.25, 0.3) is 0 Å². The Bertz CT molecular complexity index is 817. The zero-order chi connectivity index (χ0) is 17.9. The van der Waals surface area contributed by atoms with Crippen molar-refractivity contribution in [3.63, 3.8) is 0 Å². The Labute approximate surface area is 158 Å². The van der Waals surface area contributed by atoms with Gasteiger partial charge in [0.05, 0.1) is 5.56 Å². The van der Waals surface area contributed by atoms with E-state index in [4.69, 9.17) is 10.9 Å². The van der Waals surface area contributed by atoms with E-state index in [9.17, 15) is 13.2 Å². The molecule has 0 aliphatic heterocycles. The number of sulfonamides is 1. The van der Waals surface area contributed by atoms with E-state index in [1.807, 2.05) is 24.3 Å². The first-order valence-electron chi connectivity index (χ1n) is 7.43.